The van der Waals surface area contributed by atoms with Gasteiger partial charge in [0, 0.05) is 18.6 Å². The van der Waals surface area contributed by atoms with Crippen LogP contribution in [0.1, 0.15) is 18.9 Å². The van der Waals surface area contributed by atoms with E-state index in [1.807, 2.05) is 30.3 Å². The molecule has 1 atom stereocenters. The number of likely N-dealkylation sites (N-methyl/N-ethyl adjacent to an activating group) is 1. The number of hydrogen-bond acceptors (Lipinski definition) is 4. The lowest BCUT2D eigenvalue weighted by Crippen LogP contribution is -2.52. The second-order valence-electron chi connectivity index (χ2n) is 8.28. The lowest BCUT2D eigenvalue weighted by atomic mass is 10.1. The molecule has 1 N–H and O–H groups in total. The van der Waals surface area contributed by atoms with Gasteiger partial charge in [0.05, 0.1) is 15.6 Å². The molecular weight excluding hydrogens is 533 g/mol. The first-order valence-corrected chi connectivity index (χ1v) is 14.0. The zero-order chi connectivity index (χ0) is 27.0. The van der Waals surface area contributed by atoms with Gasteiger partial charge in [-0.3, -0.25) is 13.9 Å². The highest BCUT2D eigenvalue weighted by molar-refractivity contribution is 7.92. The van der Waals surface area contributed by atoms with E-state index in [1.165, 1.54) is 42.3 Å². The minimum Gasteiger partial charge on any atom is -0.357 e. The van der Waals surface area contributed by atoms with Crippen LogP contribution in [0.2, 0.25) is 10.0 Å². The molecule has 3 aromatic carbocycles. The van der Waals surface area contributed by atoms with E-state index in [2.05, 4.69) is 5.32 Å². The van der Waals surface area contributed by atoms with Crippen molar-refractivity contribution >= 4 is 50.7 Å². The van der Waals surface area contributed by atoms with Crippen molar-refractivity contribution in [2.24, 2.45) is 0 Å². The van der Waals surface area contributed by atoms with Crippen LogP contribution in [0, 0.1) is 0 Å². The normalized spacial score (nSPS) is 12.0. The van der Waals surface area contributed by atoms with E-state index in [1.54, 1.807) is 25.1 Å². The monoisotopic (exact) mass is 561 g/mol. The van der Waals surface area contributed by atoms with Crippen molar-refractivity contribution in [3.05, 3.63) is 94.5 Å². The standard InChI is InChI=1S/C27H29Cl2N3O4S/c1-3-24(27(34)30-2)31(17-16-20-10-6-4-7-11-20)26(33)19-32(25-15-14-21(28)18-23(25)29)37(35,36)22-12-8-5-9-13-22/h4-15,18,24H,3,16-17,19H2,1-2H3,(H,30,34)/t24-/m1/s1. The molecule has 0 saturated carbocycles. The third kappa shape index (κ3) is 7.03. The molecule has 10 heteroatoms. The predicted octanol–water partition coefficient (Wildman–Crippen LogP) is 4.78. The molecule has 0 spiro atoms. The van der Waals surface area contributed by atoms with Gasteiger partial charge in [-0.15, -0.1) is 0 Å². The fourth-order valence-electron chi connectivity index (χ4n) is 3.98. The summed E-state index contributed by atoms with van der Waals surface area (Å²) < 4.78 is 28.4. The van der Waals surface area contributed by atoms with E-state index in [0.717, 1.165) is 9.87 Å². The van der Waals surface area contributed by atoms with Crippen molar-refractivity contribution in [3.8, 4) is 0 Å². The Balaban J connectivity index is 2.02. The Morgan fingerprint density at radius 2 is 1.57 bits per heavy atom. The molecule has 0 aromatic heterocycles. The molecule has 0 saturated heterocycles. The van der Waals surface area contributed by atoms with Crippen LogP contribution in [0.15, 0.2) is 83.8 Å². The molecular formula is C27H29Cl2N3O4S. The number of nitrogens with one attached hydrogen (secondary N) is 1. The summed E-state index contributed by atoms with van der Waals surface area (Å²) >= 11 is 12.5. The zero-order valence-electron chi connectivity index (χ0n) is 20.6. The maximum absolute atomic E-state index is 13.8. The van der Waals surface area contributed by atoms with Crippen LogP contribution in [0.5, 0.6) is 0 Å². The van der Waals surface area contributed by atoms with Gasteiger partial charge in [0.1, 0.15) is 12.6 Å². The van der Waals surface area contributed by atoms with Crippen molar-refractivity contribution in [3.63, 3.8) is 0 Å². The maximum atomic E-state index is 13.8. The van der Waals surface area contributed by atoms with E-state index in [-0.39, 0.29) is 28.1 Å². The summed E-state index contributed by atoms with van der Waals surface area (Å²) in [5.41, 5.74) is 1.10. The minimum atomic E-state index is -4.19. The molecule has 0 heterocycles. The predicted molar refractivity (Wildman–Crippen MR) is 147 cm³/mol. The summed E-state index contributed by atoms with van der Waals surface area (Å²) in [7, 11) is -2.68. The third-order valence-corrected chi connectivity index (χ3v) is 8.22. The molecule has 0 aliphatic rings. The number of halogens is 2. The lowest BCUT2D eigenvalue weighted by Gasteiger charge is -2.33. The van der Waals surface area contributed by atoms with Gasteiger partial charge in [0.15, 0.2) is 0 Å². The van der Waals surface area contributed by atoms with Crippen molar-refractivity contribution in [1.29, 1.82) is 0 Å². The number of carbonyl (C=O) groups excluding carboxylic acids is 2. The molecule has 3 rings (SSSR count). The van der Waals surface area contributed by atoms with E-state index in [4.69, 9.17) is 23.2 Å². The summed E-state index contributed by atoms with van der Waals surface area (Å²) in [6, 6.07) is 21.0. The van der Waals surface area contributed by atoms with Crippen molar-refractivity contribution in [1.82, 2.24) is 10.2 Å². The Hall–Kier alpha value is -3.07. The Labute approximate surface area is 228 Å². The number of rotatable bonds is 11. The molecule has 0 bridgehead atoms. The average Bonchev–Trinajstić information content (AvgIpc) is 2.90. The largest absolute Gasteiger partial charge is 0.357 e. The first kappa shape index (κ1) is 28.5. The Kier molecular flexibility index (Phi) is 9.97. The van der Waals surface area contributed by atoms with Gasteiger partial charge in [-0.2, -0.15) is 0 Å². The highest BCUT2D eigenvalue weighted by atomic mass is 35.5. The van der Waals surface area contributed by atoms with Gasteiger partial charge >= 0.3 is 0 Å². The molecule has 0 aliphatic carbocycles. The fraction of sp³-hybridized carbons (Fsp3) is 0.259. The van der Waals surface area contributed by atoms with Gasteiger partial charge < -0.3 is 10.2 Å². The van der Waals surface area contributed by atoms with Gasteiger partial charge in [-0.25, -0.2) is 8.42 Å². The number of hydrogen-bond donors (Lipinski definition) is 1. The van der Waals surface area contributed by atoms with E-state index < -0.39 is 28.5 Å². The van der Waals surface area contributed by atoms with Crippen LogP contribution < -0.4 is 9.62 Å². The molecule has 2 amide bonds. The number of carbonyl (C=O) groups is 2. The summed E-state index contributed by atoms with van der Waals surface area (Å²) in [4.78, 5) is 27.9. The van der Waals surface area contributed by atoms with Crippen molar-refractivity contribution in [2.75, 3.05) is 24.4 Å². The number of nitrogens with zero attached hydrogens (tertiary/aromatic N) is 2. The fourth-order valence-corrected chi connectivity index (χ4v) is 5.99. The number of sulfonamides is 1. The summed E-state index contributed by atoms with van der Waals surface area (Å²) in [5, 5.41) is 3.01. The first-order chi connectivity index (χ1) is 17.7. The summed E-state index contributed by atoms with van der Waals surface area (Å²) in [5.74, 6) is -0.859. The molecule has 196 valence electrons. The van der Waals surface area contributed by atoms with E-state index >= 15 is 0 Å². The van der Waals surface area contributed by atoms with E-state index in [9.17, 15) is 18.0 Å². The Bertz CT molecular complexity index is 1320. The maximum Gasteiger partial charge on any atom is 0.264 e. The lowest BCUT2D eigenvalue weighted by molar-refractivity contribution is -0.139. The highest BCUT2D eigenvalue weighted by Gasteiger charge is 2.33. The SMILES string of the molecule is CC[C@H](C(=O)NC)N(CCc1ccccc1)C(=O)CN(c1ccc(Cl)cc1Cl)S(=O)(=O)c1ccccc1. The Morgan fingerprint density at radius 1 is 0.946 bits per heavy atom. The molecule has 7 nitrogen and oxygen atoms in total. The topological polar surface area (TPSA) is 86.8 Å². The minimum absolute atomic E-state index is 0.00277. The van der Waals surface area contributed by atoms with Crippen molar-refractivity contribution < 1.29 is 18.0 Å². The second-order valence-corrected chi connectivity index (χ2v) is 11.0. The average molecular weight is 563 g/mol. The van der Waals surface area contributed by atoms with Crippen LogP contribution >= 0.6 is 23.2 Å². The van der Waals surface area contributed by atoms with Crippen LogP contribution in [0.25, 0.3) is 0 Å². The molecule has 0 aliphatic heterocycles. The third-order valence-electron chi connectivity index (χ3n) is 5.91. The number of amides is 2. The van der Waals surface area contributed by atoms with Gasteiger partial charge in [-0.05, 0) is 48.7 Å². The van der Waals surface area contributed by atoms with Crippen LogP contribution in [-0.4, -0.2) is 51.3 Å². The molecule has 37 heavy (non-hydrogen) atoms. The van der Waals surface area contributed by atoms with Gasteiger partial charge in [0.25, 0.3) is 10.0 Å². The molecule has 0 fully saturated rings. The van der Waals surface area contributed by atoms with Crippen molar-refractivity contribution in [2.45, 2.75) is 30.7 Å². The summed E-state index contributed by atoms with van der Waals surface area (Å²) in [6.45, 7) is 1.47. The zero-order valence-corrected chi connectivity index (χ0v) is 22.9. The molecule has 3 aromatic rings. The molecule has 0 radical (unpaired) electrons. The first-order valence-electron chi connectivity index (χ1n) is 11.8. The quantitative estimate of drug-likeness (QED) is 0.364. The smallest absolute Gasteiger partial charge is 0.264 e. The van der Waals surface area contributed by atoms with Crippen LogP contribution in [0.4, 0.5) is 5.69 Å². The highest BCUT2D eigenvalue weighted by Crippen LogP contribution is 2.33. The van der Waals surface area contributed by atoms with E-state index in [0.29, 0.717) is 17.9 Å². The van der Waals surface area contributed by atoms with Crippen LogP contribution in [0.3, 0.4) is 0 Å². The Morgan fingerprint density at radius 3 is 2.14 bits per heavy atom. The number of benzene rings is 3. The summed E-state index contributed by atoms with van der Waals surface area (Å²) in [6.07, 6.45) is 0.848. The van der Waals surface area contributed by atoms with Gasteiger partial charge in [0.2, 0.25) is 11.8 Å². The molecule has 0 unspecified atom stereocenters. The number of anilines is 1. The second kappa shape index (κ2) is 12.9. The van der Waals surface area contributed by atoms with Gasteiger partial charge in [-0.1, -0.05) is 78.7 Å². The van der Waals surface area contributed by atoms with Crippen LogP contribution in [-0.2, 0) is 26.0 Å².